The number of hydrogen-bond acceptors (Lipinski definition) is 2. The minimum atomic E-state index is -0.373. The fraction of sp³-hybridized carbons (Fsp3) is 0.900. The van der Waals surface area contributed by atoms with E-state index in [2.05, 4.69) is 19.2 Å². The van der Waals surface area contributed by atoms with Crippen LogP contribution in [0, 0.1) is 0 Å². The van der Waals surface area contributed by atoms with Crippen LogP contribution in [0.15, 0.2) is 0 Å². The number of hydrogen-bond donors (Lipinski definition) is 1. The Labute approximate surface area is 80.5 Å². The van der Waals surface area contributed by atoms with Crippen molar-refractivity contribution >= 4 is 5.91 Å². The lowest BCUT2D eigenvalue weighted by Crippen LogP contribution is -2.62. The van der Waals surface area contributed by atoms with Crippen LogP contribution in [0.5, 0.6) is 0 Å². The largest absolute Gasteiger partial charge is 0.337 e. The number of amides is 1. The lowest BCUT2D eigenvalue weighted by atomic mass is 9.99. The zero-order chi connectivity index (χ0) is 10.1. The van der Waals surface area contributed by atoms with Gasteiger partial charge in [-0.2, -0.15) is 0 Å². The van der Waals surface area contributed by atoms with Crippen molar-refractivity contribution in [3.05, 3.63) is 0 Å². The standard InChI is InChI=1S/C10H20N2O/c1-5-8(2)12-7-6-11-10(3,4)9(12)13/h8,11H,5-7H2,1-4H3. The fourth-order valence-corrected chi connectivity index (χ4v) is 1.67. The molecule has 3 heteroatoms. The van der Waals surface area contributed by atoms with Gasteiger partial charge in [0.1, 0.15) is 0 Å². The topological polar surface area (TPSA) is 32.3 Å². The summed E-state index contributed by atoms with van der Waals surface area (Å²) in [5, 5.41) is 3.23. The molecule has 1 rings (SSSR count). The van der Waals surface area contributed by atoms with Crippen LogP contribution in [-0.2, 0) is 4.79 Å². The third kappa shape index (κ3) is 2.02. The first kappa shape index (κ1) is 10.5. The van der Waals surface area contributed by atoms with Crippen molar-refractivity contribution in [2.45, 2.75) is 45.7 Å². The van der Waals surface area contributed by atoms with Gasteiger partial charge >= 0.3 is 0 Å². The molecule has 0 aromatic rings. The summed E-state index contributed by atoms with van der Waals surface area (Å²) < 4.78 is 0. The number of rotatable bonds is 2. The van der Waals surface area contributed by atoms with Gasteiger partial charge in [-0.15, -0.1) is 0 Å². The molecule has 1 heterocycles. The molecule has 1 fully saturated rings. The second kappa shape index (κ2) is 3.66. The number of nitrogens with zero attached hydrogens (tertiary/aromatic N) is 1. The molecule has 0 radical (unpaired) electrons. The first-order valence-corrected chi connectivity index (χ1v) is 5.05. The summed E-state index contributed by atoms with van der Waals surface area (Å²) in [6, 6.07) is 0.369. The minimum absolute atomic E-state index is 0.230. The highest BCUT2D eigenvalue weighted by Gasteiger charge is 2.36. The third-order valence-corrected chi connectivity index (χ3v) is 2.84. The van der Waals surface area contributed by atoms with Crippen LogP contribution in [0.1, 0.15) is 34.1 Å². The first-order chi connectivity index (χ1) is 5.99. The van der Waals surface area contributed by atoms with E-state index in [1.54, 1.807) is 0 Å². The lowest BCUT2D eigenvalue weighted by molar-refractivity contribution is -0.142. The van der Waals surface area contributed by atoms with Crippen molar-refractivity contribution in [1.82, 2.24) is 10.2 Å². The van der Waals surface area contributed by atoms with Crippen LogP contribution in [-0.4, -0.2) is 35.5 Å². The minimum Gasteiger partial charge on any atom is -0.337 e. The Morgan fingerprint density at radius 3 is 2.77 bits per heavy atom. The molecule has 1 N–H and O–H groups in total. The van der Waals surface area contributed by atoms with Crippen LogP contribution in [0.4, 0.5) is 0 Å². The summed E-state index contributed by atoms with van der Waals surface area (Å²) in [6.07, 6.45) is 1.03. The van der Waals surface area contributed by atoms with Crippen molar-refractivity contribution in [3.63, 3.8) is 0 Å². The number of carbonyl (C=O) groups excluding carboxylic acids is 1. The van der Waals surface area contributed by atoms with Crippen molar-refractivity contribution < 1.29 is 4.79 Å². The lowest BCUT2D eigenvalue weighted by Gasteiger charge is -2.41. The fourth-order valence-electron chi connectivity index (χ4n) is 1.67. The highest BCUT2D eigenvalue weighted by Crippen LogP contribution is 2.16. The summed E-state index contributed by atoms with van der Waals surface area (Å²) in [5.41, 5.74) is -0.373. The molecular weight excluding hydrogens is 164 g/mol. The monoisotopic (exact) mass is 184 g/mol. The first-order valence-electron chi connectivity index (χ1n) is 5.05. The van der Waals surface area contributed by atoms with Crippen molar-refractivity contribution in [2.75, 3.05) is 13.1 Å². The van der Waals surface area contributed by atoms with Gasteiger partial charge in [0.25, 0.3) is 0 Å². The predicted octanol–water partition coefficient (Wildman–Crippen LogP) is 0.995. The maximum absolute atomic E-state index is 11.9. The molecule has 0 spiro atoms. The van der Waals surface area contributed by atoms with E-state index < -0.39 is 0 Å². The van der Waals surface area contributed by atoms with E-state index in [1.807, 2.05) is 18.7 Å². The molecule has 1 saturated heterocycles. The van der Waals surface area contributed by atoms with Gasteiger partial charge in [-0.3, -0.25) is 4.79 Å². The number of carbonyl (C=O) groups is 1. The Morgan fingerprint density at radius 2 is 2.23 bits per heavy atom. The van der Waals surface area contributed by atoms with Gasteiger partial charge in [0.05, 0.1) is 5.54 Å². The second-order valence-electron chi connectivity index (χ2n) is 4.31. The molecule has 0 aromatic carbocycles. The Hall–Kier alpha value is -0.570. The molecule has 3 nitrogen and oxygen atoms in total. The van der Waals surface area contributed by atoms with Gasteiger partial charge in [0.2, 0.25) is 5.91 Å². The molecular formula is C10H20N2O. The molecule has 1 aliphatic heterocycles. The molecule has 0 aliphatic carbocycles. The highest BCUT2D eigenvalue weighted by atomic mass is 16.2. The van der Waals surface area contributed by atoms with Gasteiger partial charge < -0.3 is 10.2 Å². The molecule has 0 aromatic heterocycles. The Morgan fingerprint density at radius 1 is 1.62 bits per heavy atom. The van der Waals surface area contributed by atoms with E-state index in [9.17, 15) is 4.79 Å². The average molecular weight is 184 g/mol. The quantitative estimate of drug-likeness (QED) is 0.694. The van der Waals surface area contributed by atoms with E-state index >= 15 is 0 Å². The highest BCUT2D eigenvalue weighted by molar-refractivity contribution is 5.86. The van der Waals surface area contributed by atoms with Gasteiger partial charge in [-0.05, 0) is 27.2 Å². The van der Waals surface area contributed by atoms with Crippen molar-refractivity contribution in [3.8, 4) is 0 Å². The Balaban J connectivity index is 2.71. The predicted molar refractivity (Wildman–Crippen MR) is 53.5 cm³/mol. The number of nitrogens with one attached hydrogen (secondary N) is 1. The van der Waals surface area contributed by atoms with Crippen LogP contribution >= 0.6 is 0 Å². The summed E-state index contributed by atoms with van der Waals surface area (Å²) in [6.45, 7) is 9.88. The second-order valence-corrected chi connectivity index (χ2v) is 4.31. The van der Waals surface area contributed by atoms with E-state index in [1.165, 1.54) is 0 Å². The maximum Gasteiger partial charge on any atom is 0.242 e. The van der Waals surface area contributed by atoms with E-state index in [0.717, 1.165) is 19.5 Å². The summed E-state index contributed by atoms with van der Waals surface area (Å²) in [4.78, 5) is 13.9. The summed E-state index contributed by atoms with van der Waals surface area (Å²) in [5.74, 6) is 0.230. The average Bonchev–Trinajstić information content (AvgIpc) is 2.08. The van der Waals surface area contributed by atoms with Crippen LogP contribution in [0.3, 0.4) is 0 Å². The van der Waals surface area contributed by atoms with Gasteiger partial charge in [0.15, 0.2) is 0 Å². The normalized spacial score (nSPS) is 24.6. The zero-order valence-electron chi connectivity index (χ0n) is 9.05. The van der Waals surface area contributed by atoms with Crippen molar-refractivity contribution in [2.24, 2.45) is 0 Å². The zero-order valence-corrected chi connectivity index (χ0v) is 9.05. The van der Waals surface area contributed by atoms with Crippen LogP contribution in [0.2, 0.25) is 0 Å². The van der Waals surface area contributed by atoms with Crippen LogP contribution < -0.4 is 5.32 Å². The smallest absolute Gasteiger partial charge is 0.242 e. The molecule has 76 valence electrons. The van der Waals surface area contributed by atoms with Gasteiger partial charge in [-0.1, -0.05) is 6.92 Å². The molecule has 1 amide bonds. The van der Waals surface area contributed by atoms with Crippen LogP contribution in [0.25, 0.3) is 0 Å². The molecule has 1 aliphatic rings. The van der Waals surface area contributed by atoms with Crippen molar-refractivity contribution in [1.29, 1.82) is 0 Å². The molecule has 13 heavy (non-hydrogen) atoms. The Kier molecular flexibility index (Phi) is 2.96. The maximum atomic E-state index is 11.9. The van der Waals surface area contributed by atoms with Gasteiger partial charge in [0, 0.05) is 19.1 Å². The number of piperazine rings is 1. The summed E-state index contributed by atoms with van der Waals surface area (Å²) >= 11 is 0. The van der Waals surface area contributed by atoms with E-state index in [-0.39, 0.29) is 11.4 Å². The molecule has 1 unspecified atom stereocenters. The van der Waals surface area contributed by atoms with E-state index in [4.69, 9.17) is 0 Å². The summed E-state index contributed by atoms with van der Waals surface area (Å²) in [7, 11) is 0. The van der Waals surface area contributed by atoms with Gasteiger partial charge in [-0.25, -0.2) is 0 Å². The molecule has 0 bridgehead atoms. The SMILES string of the molecule is CCC(C)N1CCNC(C)(C)C1=O. The molecule has 0 saturated carbocycles. The third-order valence-electron chi connectivity index (χ3n) is 2.84. The molecule has 1 atom stereocenters. The Bertz CT molecular complexity index is 201. The van der Waals surface area contributed by atoms with E-state index in [0.29, 0.717) is 6.04 Å².